The van der Waals surface area contributed by atoms with E-state index in [2.05, 4.69) is 4.98 Å². The third-order valence-corrected chi connectivity index (χ3v) is 2.59. The number of para-hydroxylation sites is 2. The van der Waals surface area contributed by atoms with Crippen molar-refractivity contribution in [3.05, 3.63) is 54.3 Å². The Labute approximate surface area is 127 Å². The molecule has 17 heavy (non-hydrogen) atoms. The zero-order valence-electron chi connectivity index (χ0n) is 9.22. The zero-order valence-corrected chi connectivity index (χ0v) is 12.1. The van der Waals surface area contributed by atoms with Gasteiger partial charge >= 0.3 is 0 Å². The van der Waals surface area contributed by atoms with Crippen LogP contribution in [0, 0.1) is 0 Å². The molecule has 0 aliphatic heterocycles. The van der Waals surface area contributed by atoms with Crippen LogP contribution in [0.25, 0.3) is 27.5 Å². The molecule has 0 bridgehead atoms. The van der Waals surface area contributed by atoms with E-state index in [-0.39, 0.29) is 41.1 Å². The van der Waals surface area contributed by atoms with E-state index < -0.39 is 0 Å². The molecule has 0 unspecified atom stereocenters. The fourth-order valence-electron chi connectivity index (χ4n) is 1.84. The van der Waals surface area contributed by atoms with Crippen molar-refractivity contribution in [2.24, 2.45) is 0 Å². The smallest absolute Gasteiger partial charge is 0.0697 e. The van der Waals surface area contributed by atoms with Gasteiger partial charge in [-0.25, -0.2) is 4.98 Å². The Kier molecular flexibility index (Phi) is 4.67. The maximum absolute atomic E-state index is 8.09. The average Bonchev–Trinajstić information content (AvgIpc) is 2.30. The van der Waals surface area contributed by atoms with E-state index in [1.807, 2.05) is 48.5 Å². The molecule has 2 aromatic carbocycles. The number of fused-ring (bicyclic) bond motifs is 2. The average molecular weight is 293 g/mol. The third-order valence-electron chi connectivity index (χ3n) is 2.59. The second-order valence-corrected chi connectivity index (χ2v) is 3.52. The number of aromatic nitrogens is 1. The van der Waals surface area contributed by atoms with Gasteiger partial charge in [0.1, 0.15) is 0 Å². The Bertz CT molecular complexity index is 601. The van der Waals surface area contributed by atoms with Crippen LogP contribution >= 0.6 is 0 Å². The molecule has 78 valence electrons. The molecule has 0 atom stereocenters. The largest absolute Gasteiger partial charge is 0.698 e. The maximum atomic E-state index is 8.09. The van der Waals surface area contributed by atoms with Gasteiger partial charge in [-0.05, 0) is 22.9 Å². The minimum Gasteiger partial charge on any atom is -0.698 e. The van der Waals surface area contributed by atoms with Crippen LogP contribution in [0.4, 0.5) is 5.69 Å². The van der Waals surface area contributed by atoms with E-state index in [9.17, 15) is 0 Å². The molecular weight excluding hydrogens is 284 g/mol. The molecule has 0 aliphatic rings. The molecule has 3 rings (SSSR count). The van der Waals surface area contributed by atoms with Crippen LogP contribution in [0.5, 0.6) is 0 Å². The van der Waals surface area contributed by atoms with Crippen LogP contribution in [-0.4, -0.2) is 13.4 Å². The molecule has 0 aliphatic carbocycles. The van der Waals surface area contributed by atoms with Crippen LogP contribution in [-0.2, 0) is 32.7 Å². The zero-order chi connectivity index (χ0) is 10.3. The van der Waals surface area contributed by atoms with Gasteiger partial charge in [-0.2, -0.15) is 0 Å². The first-order chi connectivity index (χ1) is 7.36. The molecule has 4 heteroatoms. The molecule has 0 amide bonds. The van der Waals surface area contributed by atoms with Crippen LogP contribution in [0.2, 0.25) is 0 Å². The monoisotopic (exact) mass is 293 g/mol. The molecule has 4 radical (unpaired) electrons. The van der Waals surface area contributed by atoms with Crippen LogP contribution in [0.1, 0.15) is 0 Å². The number of pyridine rings is 1. The first-order valence-corrected chi connectivity index (χ1v) is 4.85. The molecular formula is C13H9BN2Y-. The second-order valence-electron chi connectivity index (χ2n) is 3.52. The topological polar surface area (TPSA) is 36.7 Å². The molecule has 1 N–H and O–H groups in total. The van der Waals surface area contributed by atoms with Gasteiger partial charge in [-0.1, -0.05) is 36.4 Å². The van der Waals surface area contributed by atoms with Gasteiger partial charge in [0.2, 0.25) is 0 Å². The van der Waals surface area contributed by atoms with Crippen molar-refractivity contribution in [2.75, 3.05) is 0 Å². The number of rotatable bonds is 0. The molecule has 2 nitrogen and oxygen atoms in total. The Morgan fingerprint density at radius 2 is 1.18 bits per heavy atom. The summed E-state index contributed by atoms with van der Waals surface area (Å²) in [6.45, 7) is 0. The van der Waals surface area contributed by atoms with E-state index in [0.29, 0.717) is 5.69 Å². The molecule has 0 spiro atoms. The van der Waals surface area contributed by atoms with E-state index in [0.717, 1.165) is 21.8 Å². The summed E-state index contributed by atoms with van der Waals surface area (Å²) in [6, 6.07) is 15.6. The molecule has 3 aromatic rings. The Morgan fingerprint density at radius 3 is 1.65 bits per heavy atom. The number of hydrogen-bond donors (Lipinski definition) is 0. The van der Waals surface area contributed by atoms with E-state index in [1.165, 1.54) is 0 Å². The Morgan fingerprint density at radius 1 is 0.765 bits per heavy atom. The van der Waals surface area contributed by atoms with Crippen molar-refractivity contribution >= 4 is 35.9 Å². The SMILES string of the molecule is [B].[NH-]c1c2ccccc2nc2ccccc12.[Y]. The van der Waals surface area contributed by atoms with Crippen molar-refractivity contribution < 1.29 is 32.7 Å². The van der Waals surface area contributed by atoms with Gasteiger partial charge < -0.3 is 5.73 Å². The summed E-state index contributed by atoms with van der Waals surface area (Å²) >= 11 is 0. The van der Waals surface area contributed by atoms with Crippen LogP contribution in [0.15, 0.2) is 48.5 Å². The summed E-state index contributed by atoms with van der Waals surface area (Å²) in [5.41, 5.74) is 10.4. The van der Waals surface area contributed by atoms with E-state index in [4.69, 9.17) is 5.73 Å². The second kappa shape index (κ2) is 5.61. The first-order valence-electron chi connectivity index (χ1n) is 4.85. The first kappa shape index (κ1) is 14.1. The summed E-state index contributed by atoms with van der Waals surface area (Å²) in [4.78, 5) is 4.52. The van der Waals surface area contributed by atoms with Crippen molar-refractivity contribution in [1.29, 1.82) is 0 Å². The number of hydrogen-bond acceptors (Lipinski definition) is 1. The Balaban J connectivity index is 0.000000722. The van der Waals surface area contributed by atoms with E-state index >= 15 is 0 Å². The van der Waals surface area contributed by atoms with Gasteiger partial charge in [-0.15, -0.1) is 5.69 Å². The van der Waals surface area contributed by atoms with Gasteiger partial charge in [0, 0.05) is 41.1 Å². The third kappa shape index (κ3) is 2.36. The van der Waals surface area contributed by atoms with Gasteiger partial charge in [-0.3, -0.25) is 0 Å². The van der Waals surface area contributed by atoms with Gasteiger partial charge in [0.05, 0.1) is 11.0 Å². The van der Waals surface area contributed by atoms with Gasteiger partial charge in [0.25, 0.3) is 0 Å². The fourth-order valence-corrected chi connectivity index (χ4v) is 1.84. The number of nitrogens with zero attached hydrogens (tertiary/aromatic N) is 1. The summed E-state index contributed by atoms with van der Waals surface area (Å²) in [6.07, 6.45) is 0. The molecule has 0 saturated carbocycles. The number of benzene rings is 2. The van der Waals surface area contributed by atoms with Gasteiger partial charge in [0.15, 0.2) is 0 Å². The number of nitrogens with one attached hydrogen (secondary N) is 1. The summed E-state index contributed by atoms with van der Waals surface area (Å²) < 4.78 is 0. The predicted molar refractivity (Wildman–Crippen MR) is 69.0 cm³/mol. The van der Waals surface area contributed by atoms with Crippen LogP contribution < -0.4 is 0 Å². The van der Waals surface area contributed by atoms with Crippen molar-refractivity contribution in [2.45, 2.75) is 0 Å². The van der Waals surface area contributed by atoms with Crippen molar-refractivity contribution in [3.63, 3.8) is 0 Å². The minimum atomic E-state index is 0. The molecule has 1 heterocycles. The predicted octanol–water partition coefficient (Wildman–Crippen LogP) is 3.69. The van der Waals surface area contributed by atoms with Crippen molar-refractivity contribution in [1.82, 2.24) is 4.98 Å². The molecule has 1 aromatic heterocycles. The Hall–Kier alpha value is -0.921. The maximum Gasteiger partial charge on any atom is 0.0697 e. The summed E-state index contributed by atoms with van der Waals surface area (Å²) in [7, 11) is 0. The quantitative estimate of drug-likeness (QED) is 0.460. The van der Waals surface area contributed by atoms with Crippen LogP contribution in [0.3, 0.4) is 0 Å². The standard InChI is InChI=1S/C13H9N2.B.Y/c14-13-9-5-1-3-7-11(9)15-12-8-4-2-6-10(12)13;;/h1-8H,(H-,14,15);;/q-1;;. The summed E-state index contributed by atoms with van der Waals surface area (Å²) in [5.74, 6) is 0. The van der Waals surface area contributed by atoms with E-state index in [1.54, 1.807) is 0 Å². The molecule has 0 fully saturated rings. The fraction of sp³-hybridized carbons (Fsp3) is 0. The minimum absolute atomic E-state index is 0. The summed E-state index contributed by atoms with van der Waals surface area (Å²) in [5, 5.41) is 1.83. The normalized spacial score (nSPS) is 9.65. The molecule has 0 saturated heterocycles. The van der Waals surface area contributed by atoms with Crippen molar-refractivity contribution in [3.8, 4) is 0 Å².